The number of nitrogens with zero attached hydrogens (tertiary/aromatic N) is 3. The van der Waals surface area contributed by atoms with E-state index in [1.165, 1.54) is 0 Å². The Balaban J connectivity index is 1.67. The van der Waals surface area contributed by atoms with Crippen molar-refractivity contribution in [1.29, 1.82) is 5.26 Å². The summed E-state index contributed by atoms with van der Waals surface area (Å²) in [5, 5.41) is 10.1. The fraction of sp³-hybridized carbons (Fsp3) is 0.391. The number of piperazine rings is 1. The molecule has 5 nitrogen and oxygen atoms in total. The number of ether oxygens (including phenoxy) is 1. The summed E-state index contributed by atoms with van der Waals surface area (Å²) < 4.78 is 5.20. The molecule has 152 valence electrons. The van der Waals surface area contributed by atoms with Crippen molar-refractivity contribution in [3.05, 3.63) is 59.7 Å². The number of hydrogen-bond acceptors (Lipinski definition) is 5. The van der Waals surface area contributed by atoms with Crippen molar-refractivity contribution in [1.82, 2.24) is 9.80 Å². The number of amides is 1. The summed E-state index contributed by atoms with van der Waals surface area (Å²) in [4.78, 5) is 18.2. The van der Waals surface area contributed by atoms with E-state index < -0.39 is 0 Å². The highest BCUT2D eigenvalue weighted by molar-refractivity contribution is 8.00. The molecule has 0 spiro atoms. The maximum Gasteiger partial charge on any atom is 0.255 e. The predicted molar refractivity (Wildman–Crippen MR) is 116 cm³/mol. The molecule has 0 aliphatic carbocycles. The summed E-state index contributed by atoms with van der Waals surface area (Å²) >= 11 is 1.72. The molecule has 1 heterocycles. The molecule has 6 heteroatoms. The third-order valence-corrected chi connectivity index (χ3v) is 6.08. The van der Waals surface area contributed by atoms with Crippen LogP contribution in [0.15, 0.2) is 53.4 Å². The van der Waals surface area contributed by atoms with Gasteiger partial charge in [0.2, 0.25) is 0 Å². The molecule has 0 radical (unpaired) electrons. The van der Waals surface area contributed by atoms with Gasteiger partial charge in [0.1, 0.15) is 11.8 Å². The van der Waals surface area contributed by atoms with Crippen molar-refractivity contribution in [3.63, 3.8) is 0 Å². The largest absolute Gasteiger partial charge is 0.497 e. The second-order valence-corrected chi connectivity index (χ2v) is 8.91. The maximum absolute atomic E-state index is 13.1. The Bertz CT molecular complexity index is 868. The summed E-state index contributed by atoms with van der Waals surface area (Å²) in [6, 6.07) is 17.5. The highest BCUT2D eigenvalue weighted by Gasteiger charge is 2.28. The van der Waals surface area contributed by atoms with E-state index >= 15 is 0 Å². The van der Waals surface area contributed by atoms with Gasteiger partial charge in [0, 0.05) is 36.3 Å². The second-order valence-electron chi connectivity index (χ2n) is 7.30. The fourth-order valence-corrected chi connectivity index (χ4v) is 4.45. The Morgan fingerprint density at radius 1 is 1.07 bits per heavy atom. The van der Waals surface area contributed by atoms with Gasteiger partial charge in [-0.2, -0.15) is 5.26 Å². The normalized spacial score (nSPS) is 15.8. The summed E-state index contributed by atoms with van der Waals surface area (Å²) in [7, 11) is 1.63. The molecule has 2 aromatic rings. The van der Waals surface area contributed by atoms with Crippen LogP contribution in [0.4, 0.5) is 0 Å². The van der Waals surface area contributed by atoms with Gasteiger partial charge in [-0.3, -0.25) is 9.69 Å². The number of thioether (sulfide) groups is 1. The van der Waals surface area contributed by atoms with E-state index in [0.29, 0.717) is 31.4 Å². The summed E-state index contributed by atoms with van der Waals surface area (Å²) in [5.41, 5.74) is 1.72. The molecule has 0 saturated carbocycles. The third kappa shape index (κ3) is 5.11. The zero-order chi connectivity index (χ0) is 20.8. The van der Waals surface area contributed by atoms with Crippen LogP contribution in [0.25, 0.3) is 0 Å². The first-order chi connectivity index (χ1) is 14.0. The predicted octanol–water partition coefficient (Wildman–Crippen LogP) is 4.22. The second kappa shape index (κ2) is 9.82. The molecule has 0 N–H and O–H groups in total. The number of rotatable bonds is 6. The molecule has 1 fully saturated rings. The highest BCUT2D eigenvalue weighted by atomic mass is 32.2. The van der Waals surface area contributed by atoms with Crippen molar-refractivity contribution in [2.45, 2.75) is 30.0 Å². The first-order valence-corrected chi connectivity index (χ1v) is 10.7. The number of methoxy groups -OCH3 is 1. The van der Waals surface area contributed by atoms with Crippen molar-refractivity contribution in [2.24, 2.45) is 0 Å². The lowest BCUT2D eigenvalue weighted by molar-refractivity contribution is 0.0603. The van der Waals surface area contributed by atoms with Gasteiger partial charge in [-0.05, 0) is 29.8 Å². The first-order valence-electron chi connectivity index (χ1n) is 9.86. The minimum atomic E-state index is -0.318. The van der Waals surface area contributed by atoms with Crippen LogP contribution in [0.5, 0.6) is 5.75 Å². The summed E-state index contributed by atoms with van der Waals surface area (Å²) in [6.07, 6.45) is 0. The Labute approximate surface area is 177 Å². The van der Waals surface area contributed by atoms with Gasteiger partial charge in [-0.1, -0.05) is 38.1 Å². The highest BCUT2D eigenvalue weighted by Crippen LogP contribution is 2.28. The van der Waals surface area contributed by atoms with E-state index in [4.69, 9.17) is 4.74 Å². The molecule has 1 atom stereocenters. The minimum Gasteiger partial charge on any atom is -0.497 e. The monoisotopic (exact) mass is 409 g/mol. The number of carbonyl (C=O) groups excluding carboxylic acids is 1. The number of hydrogen-bond donors (Lipinski definition) is 0. The van der Waals surface area contributed by atoms with E-state index in [1.54, 1.807) is 18.9 Å². The Morgan fingerprint density at radius 3 is 2.31 bits per heavy atom. The van der Waals surface area contributed by atoms with Gasteiger partial charge in [-0.15, -0.1) is 11.8 Å². The zero-order valence-corrected chi connectivity index (χ0v) is 18.0. The fourth-order valence-electron chi connectivity index (χ4n) is 3.51. The molecule has 2 aromatic carbocycles. The topological polar surface area (TPSA) is 56.6 Å². The van der Waals surface area contributed by atoms with E-state index in [-0.39, 0.29) is 11.9 Å². The van der Waals surface area contributed by atoms with Crippen molar-refractivity contribution >= 4 is 17.7 Å². The van der Waals surface area contributed by atoms with Crippen molar-refractivity contribution in [3.8, 4) is 11.8 Å². The molecule has 1 amide bonds. The molecule has 1 unspecified atom stereocenters. The van der Waals surface area contributed by atoms with E-state index in [1.807, 2.05) is 53.4 Å². The number of benzene rings is 2. The van der Waals surface area contributed by atoms with Gasteiger partial charge >= 0.3 is 0 Å². The van der Waals surface area contributed by atoms with Crippen LogP contribution in [0, 0.1) is 11.3 Å². The quantitative estimate of drug-likeness (QED) is 0.669. The molecule has 1 saturated heterocycles. The van der Waals surface area contributed by atoms with Crippen LogP contribution < -0.4 is 4.74 Å². The van der Waals surface area contributed by atoms with E-state index in [2.05, 4.69) is 24.8 Å². The zero-order valence-electron chi connectivity index (χ0n) is 17.2. The maximum atomic E-state index is 13.1. The molecule has 29 heavy (non-hydrogen) atoms. The SMILES string of the molecule is COc1ccc(C(C#N)N2CCN(C(=O)c3ccccc3SC(C)C)CC2)cc1. The first kappa shape index (κ1) is 21.2. The summed E-state index contributed by atoms with van der Waals surface area (Å²) in [6.45, 7) is 6.85. The van der Waals surface area contributed by atoms with Gasteiger partial charge in [-0.25, -0.2) is 0 Å². The smallest absolute Gasteiger partial charge is 0.255 e. The van der Waals surface area contributed by atoms with Crippen LogP contribution in [0.1, 0.15) is 35.8 Å². The lowest BCUT2D eigenvalue weighted by atomic mass is 10.1. The van der Waals surface area contributed by atoms with E-state index in [0.717, 1.165) is 21.8 Å². The average Bonchev–Trinajstić information content (AvgIpc) is 2.75. The minimum absolute atomic E-state index is 0.0753. The van der Waals surface area contributed by atoms with Crippen molar-refractivity contribution < 1.29 is 9.53 Å². The Kier molecular flexibility index (Phi) is 7.18. The average molecular weight is 410 g/mol. The van der Waals surface area contributed by atoms with Crippen LogP contribution in [0.3, 0.4) is 0 Å². The molecule has 1 aliphatic rings. The lowest BCUT2D eigenvalue weighted by Crippen LogP contribution is -2.49. The van der Waals surface area contributed by atoms with Gasteiger partial charge in [0.15, 0.2) is 0 Å². The molecular formula is C23H27N3O2S. The van der Waals surface area contributed by atoms with Gasteiger partial charge < -0.3 is 9.64 Å². The molecule has 0 bridgehead atoms. The lowest BCUT2D eigenvalue weighted by Gasteiger charge is -2.37. The third-order valence-electron chi connectivity index (χ3n) is 5.00. The van der Waals surface area contributed by atoms with Gasteiger partial charge in [0.25, 0.3) is 5.91 Å². The van der Waals surface area contributed by atoms with Crippen LogP contribution in [0.2, 0.25) is 0 Å². The Morgan fingerprint density at radius 2 is 1.72 bits per heavy atom. The standard InChI is InChI=1S/C23H27N3O2S/c1-17(2)29-22-7-5-4-6-20(22)23(27)26-14-12-25(13-15-26)21(16-24)18-8-10-19(28-3)11-9-18/h4-11,17,21H,12-15H2,1-3H3. The van der Waals surface area contributed by atoms with E-state index in [9.17, 15) is 10.1 Å². The molecule has 0 aromatic heterocycles. The Hall–Kier alpha value is -2.49. The number of carbonyl (C=O) groups is 1. The van der Waals surface area contributed by atoms with Crippen LogP contribution in [-0.4, -0.2) is 54.2 Å². The van der Waals surface area contributed by atoms with Crippen molar-refractivity contribution in [2.75, 3.05) is 33.3 Å². The number of nitriles is 1. The molecule has 3 rings (SSSR count). The molecular weight excluding hydrogens is 382 g/mol. The summed E-state index contributed by atoms with van der Waals surface area (Å²) in [5.74, 6) is 0.852. The molecule has 1 aliphatic heterocycles. The van der Waals surface area contributed by atoms with Gasteiger partial charge in [0.05, 0.1) is 18.7 Å². The van der Waals surface area contributed by atoms with Crippen LogP contribution >= 0.6 is 11.8 Å². The van der Waals surface area contributed by atoms with Crippen LogP contribution in [-0.2, 0) is 0 Å².